The van der Waals surface area contributed by atoms with Gasteiger partial charge in [0.05, 0.1) is 5.56 Å². The summed E-state index contributed by atoms with van der Waals surface area (Å²) in [5.74, 6) is -1.67. The first kappa shape index (κ1) is 18.3. The van der Waals surface area contributed by atoms with Crippen LogP contribution >= 0.6 is 0 Å². The van der Waals surface area contributed by atoms with Gasteiger partial charge < -0.3 is 0 Å². The number of fused-ring (bicyclic) bond motifs is 2. The fourth-order valence-corrected chi connectivity index (χ4v) is 4.81. The molecule has 2 saturated heterocycles. The third-order valence-corrected chi connectivity index (χ3v) is 6.22. The number of rotatable bonds is 4. The lowest BCUT2D eigenvalue weighted by Gasteiger charge is -2.48. The summed E-state index contributed by atoms with van der Waals surface area (Å²) in [6.45, 7) is 2.48. The first-order chi connectivity index (χ1) is 13.0. The summed E-state index contributed by atoms with van der Waals surface area (Å²) in [4.78, 5) is 15.5. The Kier molecular flexibility index (Phi) is 5.09. The second-order valence-corrected chi connectivity index (χ2v) is 8.01. The first-order valence-corrected chi connectivity index (χ1v) is 9.82. The van der Waals surface area contributed by atoms with E-state index in [0.717, 1.165) is 38.3 Å². The van der Waals surface area contributed by atoms with Gasteiger partial charge >= 0.3 is 0 Å². The van der Waals surface area contributed by atoms with Crippen molar-refractivity contribution in [3.63, 3.8) is 0 Å². The summed E-state index contributed by atoms with van der Waals surface area (Å²) in [5.41, 5.74) is 1.66. The monoisotopic (exact) mass is 369 g/mol. The van der Waals surface area contributed by atoms with Crippen molar-refractivity contribution in [1.29, 1.82) is 0 Å². The maximum absolute atomic E-state index is 14.2. The van der Waals surface area contributed by atoms with E-state index in [4.69, 9.17) is 0 Å². The summed E-state index contributed by atoms with van der Waals surface area (Å²) in [6, 6.07) is 13.4. The van der Waals surface area contributed by atoms with Crippen LogP contribution in [0.25, 0.3) is 0 Å². The van der Waals surface area contributed by atoms with Crippen molar-refractivity contribution in [3.8, 4) is 0 Å². The van der Waals surface area contributed by atoms with Crippen molar-refractivity contribution in [2.24, 2.45) is 5.92 Å². The lowest BCUT2D eigenvalue weighted by Crippen LogP contribution is -2.52. The predicted octanol–water partition coefficient (Wildman–Crippen LogP) is 5.29. The summed E-state index contributed by atoms with van der Waals surface area (Å²) in [5, 5.41) is 0. The van der Waals surface area contributed by atoms with E-state index in [2.05, 4.69) is 29.2 Å². The first-order valence-electron chi connectivity index (χ1n) is 9.82. The fraction of sp³-hybridized carbons (Fsp3) is 0.435. The maximum atomic E-state index is 14.2. The molecule has 0 spiro atoms. The lowest BCUT2D eigenvalue weighted by molar-refractivity contribution is 0.00894. The van der Waals surface area contributed by atoms with Crippen LogP contribution in [0.2, 0.25) is 0 Å². The molecule has 2 nitrogen and oxygen atoms in total. The largest absolute Gasteiger partial charge is 0.294 e. The van der Waals surface area contributed by atoms with Crippen LogP contribution in [0.1, 0.15) is 53.6 Å². The third kappa shape index (κ3) is 3.68. The molecule has 4 rings (SSSR count). The predicted molar refractivity (Wildman–Crippen MR) is 102 cm³/mol. The van der Waals surface area contributed by atoms with Crippen molar-refractivity contribution in [2.75, 3.05) is 0 Å². The van der Waals surface area contributed by atoms with E-state index in [1.54, 1.807) is 6.92 Å². The molecule has 0 aromatic heterocycles. The van der Waals surface area contributed by atoms with Crippen LogP contribution in [0.4, 0.5) is 8.78 Å². The van der Waals surface area contributed by atoms with Gasteiger partial charge in [0, 0.05) is 30.6 Å². The second kappa shape index (κ2) is 7.51. The van der Waals surface area contributed by atoms with Crippen molar-refractivity contribution >= 4 is 5.78 Å². The van der Waals surface area contributed by atoms with Crippen LogP contribution in [0, 0.1) is 24.5 Å². The number of aryl methyl sites for hydroxylation is 1. The Balaban J connectivity index is 1.53. The van der Waals surface area contributed by atoms with Crippen LogP contribution in [0.5, 0.6) is 0 Å². The number of benzene rings is 2. The number of hydrogen-bond donors (Lipinski definition) is 0. The Morgan fingerprint density at radius 2 is 1.70 bits per heavy atom. The summed E-state index contributed by atoms with van der Waals surface area (Å²) in [7, 11) is 0. The van der Waals surface area contributed by atoms with E-state index >= 15 is 0 Å². The summed E-state index contributed by atoms with van der Waals surface area (Å²) < 4.78 is 27.8. The highest BCUT2D eigenvalue weighted by Gasteiger charge is 2.41. The minimum atomic E-state index is -0.736. The molecule has 2 bridgehead atoms. The molecule has 2 aromatic rings. The van der Waals surface area contributed by atoms with Gasteiger partial charge in [-0.25, -0.2) is 8.78 Å². The number of Topliss-reactive ketones (excluding diaryl/α,β-unsaturated/α-hetero) is 1. The van der Waals surface area contributed by atoms with E-state index in [1.165, 1.54) is 18.1 Å². The number of halogens is 2. The molecule has 0 aliphatic carbocycles. The minimum absolute atomic E-state index is 0.0495. The molecule has 4 heteroatoms. The SMILES string of the molecule is Cc1cc(C(=O)C2CC3CCCC(C2)N3Cc2ccccc2)c(F)cc1F. The van der Waals surface area contributed by atoms with E-state index in [1.807, 2.05) is 6.07 Å². The van der Waals surface area contributed by atoms with Crippen molar-refractivity contribution in [1.82, 2.24) is 4.90 Å². The Morgan fingerprint density at radius 1 is 1.04 bits per heavy atom. The Hall–Kier alpha value is -2.07. The molecule has 2 aliphatic rings. The number of carbonyl (C=O) groups excluding carboxylic acids is 1. The molecule has 2 aromatic carbocycles. The Labute approximate surface area is 159 Å². The zero-order valence-electron chi connectivity index (χ0n) is 15.6. The molecule has 0 amide bonds. The van der Waals surface area contributed by atoms with Gasteiger partial charge in [-0.3, -0.25) is 9.69 Å². The molecule has 2 heterocycles. The maximum Gasteiger partial charge on any atom is 0.169 e. The lowest BCUT2D eigenvalue weighted by atomic mass is 9.75. The molecule has 0 saturated carbocycles. The fourth-order valence-electron chi connectivity index (χ4n) is 4.81. The number of carbonyl (C=O) groups is 1. The molecule has 27 heavy (non-hydrogen) atoms. The quantitative estimate of drug-likeness (QED) is 0.683. The summed E-state index contributed by atoms with van der Waals surface area (Å²) in [6.07, 6.45) is 4.87. The molecule has 0 radical (unpaired) electrons. The van der Waals surface area contributed by atoms with Crippen molar-refractivity contribution in [3.05, 3.63) is 70.8 Å². The molecule has 2 fully saturated rings. The van der Waals surface area contributed by atoms with Gasteiger partial charge in [-0.15, -0.1) is 0 Å². The zero-order chi connectivity index (χ0) is 19.0. The smallest absolute Gasteiger partial charge is 0.169 e. The van der Waals surface area contributed by atoms with Crippen molar-refractivity contribution < 1.29 is 13.6 Å². The average Bonchev–Trinajstić information content (AvgIpc) is 2.65. The molecule has 0 N–H and O–H groups in total. The number of piperidine rings is 2. The Morgan fingerprint density at radius 3 is 2.37 bits per heavy atom. The van der Waals surface area contributed by atoms with E-state index in [9.17, 15) is 13.6 Å². The average molecular weight is 369 g/mol. The van der Waals surface area contributed by atoms with Gasteiger partial charge in [-0.1, -0.05) is 36.8 Å². The van der Waals surface area contributed by atoms with Crippen LogP contribution in [-0.4, -0.2) is 22.8 Å². The summed E-state index contributed by atoms with van der Waals surface area (Å²) >= 11 is 0. The highest BCUT2D eigenvalue weighted by atomic mass is 19.1. The van der Waals surface area contributed by atoms with E-state index in [0.29, 0.717) is 17.6 Å². The highest BCUT2D eigenvalue weighted by Crippen LogP contribution is 2.39. The standard InChI is InChI=1S/C23H25F2NO/c1-15-10-20(22(25)13-21(15)24)23(27)17-11-18-8-5-9-19(12-17)26(18)14-16-6-3-2-4-7-16/h2-4,6-7,10,13,17-19H,5,8-9,11-12,14H2,1H3. The van der Waals surface area contributed by atoms with Gasteiger partial charge in [0.1, 0.15) is 11.6 Å². The highest BCUT2D eigenvalue weighted by molar-refractivity contribution is 5.98. The molecule has 2 atom stereocenters. The minimum Gasteiger partial charge on any atom is -0.294 e. The van der Waals surface area contributed by atoms with E-state index in [-0.39, 0.29) is 17.3 Å². The molecule has 2 unspecified atom stereocenters. The normalized spacial score (nSPS) is 25.4. The topological polar surface area (TPSA) is 20.3 Å². The van der Waals surface area contributed by atoms with Gasteiger partial charge in [0.2, 0.25) is 0 Å². The molecular formula is C23H25F2NO. The van der Waals surface area contributed by atoms with Crippen molar-refractivity contribution in [2.45, 2.75) is 57.7 Å². The number of nitrogens with zero attached hydrogens (tertiary/aromatic N) is 1. The van der Waals surface area contributed by atoms with Crippen LogP contribution in [-0.2, 0) is 6.54 Å². The zero-order valence-corrected chi connectivity index (χ0v) is 15.6. The van der Waals surface area contributed by atoms with Gasteiger partial charge in [-0.2, -0.15) is 0 Å². The van der Waals surface area contributed by atoms with Gasteiger partial charge in [-0.05, 0) is 49.8 Å². The van der Waals surface area contributed by atoms with Crippen LogP contribution < -0.4 is 0 Å². The van der Waals surface area contributed by atoms with Crippen LogP contribution in [0.15, 0.2) is 42.5 Å². The van der Waals surface area contributed by atoms with Crippen LogP contribution in [0.3, 0.4) is 0 Å². The second-order valence-electron chi connectivity index (χ2n) is 8.01. The van der Waals surface area contributed by atoms with Gasteiger partial charge in [0.15, 0.2) is 5.78 Å². The number of hydrogen-bond acceptors (Lipinski definition) is 2. The Bertz CT molecular complexity index is 822. The van der Waals surface area contributed by atoms with Gasteiger partial charge in [0.25, 0.3) is 0 Å². The third-order valence-electron chi connectivity index (χ3n) is 6.22. The molecular weight excluding hydrogens is 344 g/mol. The number of ketones is 1. The molecule has 2 aliphatic heterocycles. The molecule has 142 valence electrons. The van der Waals surface area contributed by atoms with E-state index < -0.39 is 11.6 Å².